The molecule has 5 heteroatoms. The van der Waals surface area contributed by atoms with Gasteiger partial charge in [0.25, 0.3) is 0 Å². The Morgan fingerprint density at radius 3 is 2.67 bits per heavy atom. The third-order valence-corrected chi connectivity index (χ3v) is 5.15. The van der Waals surface area contributed by atoms with Crippen LogP contribution in [0.3, 0.4) is 0 Å². The van der Waals surface area contributed by atoms with E-state index in [1.54, 1.807) is 0 Å². The molecule has 1 saturated carbocycles. The van der Waals surface area contributed by atoms with Crippen molar-refractivity contribution in [2.75, 3.05) is 13.1 Å². The predicted octanol–water partition coefficient (Wildman–Crippen LogP) is 3.42. The zero-order valence-electron chi connectivity index (χ0n) is 14.1. The van der Waals surface area contributed by atoms with Crippen LogP contribution in [0.25, 0.3) is 11.0 Å². The lowest BCUT2D eigenvalue weighted by molar-refractivity contribution is 0.185. The lowest BCUT2D eigenvalue weighted by atomic mass is 10.1. The van der Waals surface area contributed by atoms with Crippen LogP contribution in [0.15, 0.2) is 34.7 Å². The van der Waals surface area contributed by atoms with Crippen molar-refractivity contribution in [3.05, 3.63) is 36.1 Å². The van der Waals surface area contributed by atoms with E-state index in [-0.39, 0.29) is 18.1 Å². The Bertz CT molecular complexity index is 681. The van der Waals surface area contributed by atoms with Crippen LogP contribution in [0, 0.1) is 0 Å². The Morgan fingerprint density at radius 1 is 1.21 bits per heavy atom. The number of amides is 2. The Hall–Kier alpha value is -2.01. The van der Waals surface area contributed by atoms with Gasteiger partial charge in [0.2, 0.25) is 0 Å². The van der Waals surface area contributed by atoms with Gasteiger partial charge in [0.1, 0.15) is 11.3 Å². The smallest absolute Gasteiger partial charge is 0.315 e. The fourth-order valence-corrected chi connectivity index (χ4v) is 3.56. The Kier molecular flexibility index (Phi) is 4.19. The Balaban J connectivity index is 1.29. The number of benzene rings is 1. The summed E-state index contributed by atoms with van der Waals surface area (Å²) in [6.45, 7) is 4.16. The Morgan fingerprint density at radius 2 is 1.96 bits per heavy atom. The number of rotatable bonds is 4. The molecule has 2 aromatic rings. The van der Waals surface area contributed by atoms with Crippen LogP contribution < -0.4 is 10.6 Å². The van der Waals surface area contributed by atoms with Gasteiger partial charge >= 0.3 is 6.03 Å². The summed E-state index contributed by atoms with van der Waals surface area (Å²) in [5, 5.41) is 7.17. The maximum Gasteiger partial charge on any atom is 0.315 e. The summed E-state index contributed by atoms with van der Waals surface area (Å²) in [5.41, 5.74) is 0.856. The molecule has 1 aromatic heterocycles. The summed E-state index contributed by atoms with van der Waals surface area (Å²) in [6, 6.07) is 10.7. The maximum atomic E-state index is 12.3. The molecule has 0 spiro atoms. The number of para-hydroxylation sites is 1. The van der Waals surface area contributed by atoms with Crippen LogP contribution >= 0.6 is 0 Å². The molecule has 1 saturated heterocycles. The summed E-state index contributed by atoms with van der Waals surface area (Å²) in [6.07, 6.45) is 4.80. The van der Waals surface area contributed by atoms with E-state index in [9.17, 15) is 4.79 Å². The molecule has 1 aliphatic carbocycles. The SMILES string of the molecule is C[C@@H](NC(=O)NC1CCN(C2CC2)CC1)c1cc2ccccc2o1. The third kappa shape index (κ3) is 3.41. The number of carbonyl (C=O) groups excluding carboxylic acids is 1. The number of furan rings is 1. The molecule has 2 amide bonds. The first kappa shape index (κ1) is 15.5. The van der Waals surface area contributed by atoms with Crippen LogP contribution in [0.2, 0.25) is 0 Å². The van der Waals surface area contributed by atoms with Gasteiger partial charge in [-0.15, -0.1) is 0 Å². The number of nitrogens with one attached hydrogen (secondary N) is 2. The summed E-state index contributed by atoms with van der Waals surface area (Å²) < 4.78 is 5.82. The van der Waals surface area contributed by atoms with Gasteiger partial charge in [0.15, 0.2) is 0 Å². The van der Waals surface area contributed by atoms with E-state index in [4.69, 9.17) is 4.42 Å². The number of urea groups is 1. The molecule has 0 bridgehead atoms. The molecule has 5 nitrogen and oxygen atoms in total. The van der Waals surface area contributed by atoms with Gasteiger partial charge in [-0.1, -0.05) is 18.2 Å². The van der Waals surface area contributed by atoms with Gasteiger partial charge < -0.3 is 20.0 Å². The van der Waals surface area contributed by atoms with E-state index in [1.165, 1.54) is 12.8 Å². The van der Waals surface area contributed by atoms with Crippen molar-refractivity contribution >= 4 is 17.0 Å². The highest BCUT2D eigenvalue weighted by Gasteiger charge is 2.32. The van der Waals surface area contributed by atoms with E-state index in [1.807, 2.05) is 37.3 Å². The quantitative estimate of drug-likeness (QED) is 0.904. The first-order chi connectivity index (χ1) is 11.7. The number of carbonyl (C=O) groups is 1. The fraction of sp³-hybridized carbons (Fsp3) is 0.526. The molecule has 1 atom stereocenters. The minimum absolute atomic E-state index is 0.104. The van der Waals surface area contributed by atoms with Crippen molar-refractivity contribution in [2.24, 2.45) is 0 Å². The molecule has 2 aliphatic rings. The van der Waals surface area contributed by atoms with E-state index in [2.05, 4.69) is 15.5 Å². The number of piperidine rings is 1. The molecule has 128 valence electrons. The molecule has 4 rings (SSSR count). The summed E-state index contributed by atoms with van der Waals surface area (Å²) in [5.74, 6) is 0.787. The van der Waals surface area contributed by atoms with Gasteiger partial charge in [-0.05, 0) is 44.7 Å². The summed E-state index contributed by atoms with van der Waals surface area (Å²) in [7, 11) is 0. The number of likely N-dealkylation sites (tertiary alicyclic amines) is 1. The van der Waals surface area contributed by atoms with E-state index < -0.39 is 0 Å². The number of fused-ring (bicyclic) bond motifs is 1. The van der Waals surface area contributed by atoms with Gasteiger partial charge in [-0.3, -0.25) is 0 Å². The zero-order valence-corrected chi connectivity index (χ0v) is 14.1. The van der Waals surface area contributed by atoms with Crippen molar-refractivity contribution in [3.8, 4) is 0 Å². The monoisotopic (exact) mass is 327 g/mol. The van der Waals surface area contributed by atoms with Gasteiger partial charge in [0, 0.05) is 30.6 Å². The largest absolute Gasteiger partial charge is 0.459 e. The highest BCUT2D eigenvalue weighted by molar-refractivity contribution is 5.78. The molecular weight excluding hydrogens is 302 g/mol. The maximum absolute atomic E-state index is 12.3. The van der Waals surface area contributed by atoms with Gasteiger partial charge in [-0.25, -0.2) is 4.79 Å². The second-order valence-electron chi connectivity index (χ2n) is 7.07. The average Bonchev–Trinajstić information content (AvgIpc) is 3.33. The van der Waals surface area contributed by atoms with Crippen LogP contribution in [0.5, 0.6) is 0 Å². The van der Waals surface area contributed by atoms with Crippen molar-refractivity contribution in [2.45, 2.75) is 50.7 Å². The van der Waals surface area contributed by atoms with Crippen LogP contribution in [-0.2, 0) is 0 Å². The highest BCUT2D eigenvalue weighted by Crippen LogP contribution is 2.29. The number of hydrogen-bond acceptors (Lipinski definition) is 3. The second kappa shape index (κ2) is 6.48. The summed E-state index contributed by atoms with van der Waals surface area (Å²) >= 11 is 0. The molecule has 24 heavy (non-hydrogen) atoms. The van der Waals surface area contributed by atoms with Gasteiger partial charge in [0.05, 0.1) is 6.04 Å². The molecule has 2 N–H and O–H groups in total. The first-order valence-electron chi connectivity index (χ1n) is 8.98. The standard InChI is InChI=1S/C19H25N3O2/c1-13(18-12-14-4-2-3-5-17(14)24-18)20-19(23)21-15-8-10-22(11-9-15)16-6-7-16/h2-5,12-13,15-16H,6-11H2,1H3,(H2,20,21,23)/t13-/m1/s1. The van der Waals surface area contributed by atoms with Crippen LogP contribution in [0.4, 0.5) is 4.79 Å². The van der Waals surface area contributed by atoms with Crippen molar-refractivity contribution in [1.82, 2.24) is 15.5 Å². The van der Waals surface area contributed by atoms with Crippen molar-refractivity contribution in [1.29, 1.82) is 0 Å². The lowest BCUT2D eigenvalue weighted by Gasteiger charge is -2.32. The lowest BCUT2D eigenvalue weighted by Crippen LogP contribution is -2.48. The minimum Gasteiger partial charge on any atom is -0.459 e. The summed E-state index contributed by atoms with van der Waals surface area (Å²) in [4.78, 5) is 14.8. The molecule has 0 radical (unpaired) electrons. The molecular formula is C19H25N3O2. The second-order valence-corrected chi connectivity index (χ2v) is 7.07. The average molecular weight is 327 g/mol. The fourth-order valence-electron chi connectivity index (χ4n) is 3.56. The number of hydrogen-bond donors (Lipinski definition) is 2. The molecule has 1 aliphatic heterocycles. The molecule has 0 unspecified atom stereocenters. The highest BCUT2D eigenvalue weighted by atomic mass is 16.3. The zero-order chi connectivity index (χ0) is 16.5. The van der Waals surface area contributed by atoms with E-state index in [0.29, 0.717) is 0 Å². The molecule has 2 heterocycles. The van der Waals surface area contributed by atoms with Crippen molar-refractivity contribution < 1.29 is 9.21 Å². The Labute approximate surface area is 142 Å². The van der Waals surface area contributed by atoms with Crippen molar-refractivity contribution in [3.63, 3.8) is 0 Å². The van der Waals surface area contributed by atoms with E-state index in [0.717, 1.165) is 48.7 Å². The predicted molar refractivity (Wildman–Crippen MR) is 93.9 cm³/mol. The van der Waals surface area contributed by atoms with Crippen LogP contribution in [0.1, 0.15) is 44.4 Å². The normalized spacial score (nSPS) is 20.9. The topological polar surface area (TPSA) is 57.5 Å². The first-order valence-corrected chi connectivity index (χ1v) is 8.98. The van der Waals surface area contributed by atoms with Crippen LogP contribution in [-0.4, -0.2) is 36.1 Å². The molecule has 2 fully saturated rings. The third-order valence-electron chi connectivity index (χ3n) is 5.15. The van der Waals surface area contributed by atoms with Gasteiger partial charge in [-0.2, -0.15) is 0 Å². The van der Waals surface area contributed by atoms with E-state index >= 15 is 0 Å². The minimum atomic E-state index is -0.149. The number of nitrogens with zero attached hydrogens (tertiary/aromatic N) is 1. The molecule has 1 aromatic carbocycles.